The van der Waals surface area contributed by atoms with Crippen LogP contribution in [-0.2, 0) is 6.42 Å². The van der Waals surface area contributed by atoms with E-state index >= 15 is 0 Å². The van der Waals surface area contributed by atoms with Crippen molar-refractivity contribution in [3.8, 4) is 0 Å². The molecule has 0 aliphatic rings. The van der Waals surface area contributed by atoms with Gasteiger partial charge in [0.25, 0.3) is 0 Å². The van der Waals surface area contributed by atoms with Crippen molar-refractivity contribution in [2.45, 2.75) is 25.8 Å². The summed E-state index contributed by atoms with van der Waals surface area (Å²) in [6, 6.07) is 8.02. The molecule has 0 saturated carbocycles. The summed E-state index contributed by atoms with van der Waals surface area (Å²) in [5.74, 6) is 0.793. The molecule has 0 amide bonds. The number of aliphatic hydroxyl groups excluding tert-OH is 1. The van der Waals surface area contributed by atoms with Gasteiger partial charge in [-0.15, -0.1) is 0 Å². The van der Waals surface area contributed by atoms with Crippen molar-refractivity contribution in [1.29, 1.82) is 0 Å². The maximum Gasteiger partial charge on any atom is 0.195 e. The first-order valence-corrected chi connectivity index (χ1v) is 6.36. The van der Waals surface area contributed by atoms with Gasteiger partial charge in [0, 0.05) is 12.5 Å². The highest BCUT2D eigenvalue weighted by Gasteiger charge is 2.09. The zero-order valence-electron chi connectivity index (χ0n) is 11.0. The van der Waals surface area contributed by atoms with Crippen LogP contribution < -0.4 is 0 Å². The van der Waals surface area contributed by atoms with Gasteiger partial charge in [-0.05, 0) is 39.1 Å². The van der Waals surface area contributed by atoms with Crippen molar-refractivity contribution in [2.75, 3.05) is 20.2 Å². The summed E-state index contributed by atoms with van der Waals surface area (Å²) in [6.45, 7) is 3.14. The number of likely N-dealkylation sites (N-methyl/N-ethyl adjacent to an activating group) is 1. The molecule has 1 aromatic heterocycles. The number of hydrogen-bond donors (Lipinski definition) is 1. The largest absolute Gasteiger partial charge is 0.441 e. The predicted molar refractivity (Wildman–Crippen MR) is 71.5 cm³/mol. The molecule has 0 radical (unpaired) electrons. The summed E-state index contributed by atoms with van der Waals surface area (Å²) in [4.78, 5) is 6.58. The van der Waals surface area contributed by atoms with Crippen LogP contribution in [0.3, 0.4) is 0 Å². The van der Waals surface area contributed by atoms with Crippen LogP contribution >= 0.6 is 0 Å². The zero-order valence-corrected chi connectivity index (χ0v) is 11.0. The number of nitrogens with zero attached hydrogens (tertiary/aromatic N) is 2. The summed E-state index contributed by atoms with van der Waals surface area (Å²) in [7, 11) is 2.02. The highest BCUT2D eigenvalue weighted by molar-refractivity contribution is 5.72. The van der Waals surface area contributed by atoms with Gasteiger partial charge in [0.2, 0.25) is 0 Å². The third-order valence-electron chi connectivity index (χ3n) is 3.26. The van der Waals surface area contributed by atoms with Gasteiger partial charge >= 0.3 is 0 Å². The number of oxazole rings is 1. The average molecular weight is 248 g/mol. The minimum atomic E-state index is 0.194. The molecule has 98 valence electrons. The molecule has 1 atom stereocenters. The maximum atomic E-state index is 9.04. The summed E-state index contributed by atoms with van der Waals surface area (Å²) in [6.07, 6.45) is 1.81. The Kier molecular flexibility index (Phi) is 4.33. The SMILES string of the molecule is CC(CO)N(C)CCCc1nc2ccccc2o1. The van der Waals surface area contributed by atoms with Crippen LogP contribution in [-0.4, -0.2) is 41.2 Å². The van der Waals surface area contributed by atoms with Crippen LogP contribution in [0, 0.1) is 0 Å². The first kappa shape index (κ1) is 13.1. The summed E-state index contributed by atoms with van der Waals surface area (Å²) < 4.78 is 5.66. The van der Waals surface area contributed by atoms with Crippen LogP contribution in [0.2, 0.25) is 0 Å². The predicted octanol–water partition coefficient (Wildman–Crippen LogP) is 2.07. The third-order valence-corrected chi connectivity index (χ3v) is 3.26. The minimum Gasteiger partial charge on any atom is -0.441 e. The molecule has 18 heavy (non-hydrogen) atoms. The van der Waals surface area contributed by atoms with Gasteiger partial charge in [-0.2, -0.15) is 0 Å². The van der Waals surface area contributed by atoms with Crippen LogP contribution in [0.4, 0.5) is 0 Å². The molecule has 2 aromatic rings. The Morgan fingerprint density at radius 1 is 1.39 bits per heavy atom. The second kappa shape index (κ2) is 5.98. The maximum absolute atomic E-state index is 9.04. The first-order chi connectivity index (χ1) is 8.70. The number of para-hydroxylation sites is 2. The van der Waals surface area contributed by atoms with E-state index in [1.165, 1.54) is 0 Å². The zero-order chi connectivity index (χ0) is 13.0. The standard InChI is InChI=1S/C14H20N2O2/c1-11(10-17)16(2)9-5-8-14-15-12-6-3-4-7-13(12)18-14/h3-4,6-7,11,17H,5,8-10H2,1-2H3. The van der Waals surface area contributed by atoms with Gasteiger partial charge in [-0.3, -0.25) is 0 Å². The molecule has 1 heterocycles. The van der Waals surface area contributed by atoms with Gasteiger partial charge in [-0.1, -0.05) is 12.1 Å². The third kappa shape index (κ3) is 3.09. The number of fused-ring (bicyclic) bond motifs is 1. The van der Waals surface area contributed by atoms with E-state index in [9.17, 15) is 0 Å². The minimum absolute atomic E-state index is 0.194. The van der Waals surface area contributed by atoms with Gasteiger partial charge in [-0.25, -0.2) is 4.98 Å². The molecular weight excluding hydrogens is 228 g/mol. The van der Waals surface area contributed by atoms with Crippen molar-refractivity contribution >= 4 is 11.1 Å². The lowest BCUT2D eigenvalue weighted by Crippen LogP contribution is -2.32. The smallest absolute Gasteiger partial charge is 0.195 e. The van der Waals surface area contributed by atoms with Gasteiger partial charge in [0.1, 0.15) is 5.52 Å². The van der Waals surface area contributed by atoms with E-state index < -0.39 is 0 Å². The molecule has 0 spiro atoms. The fourth-order valence-electron chi connectivity index (χ4n) is 1.87. The quantitative estimate of drug-likeness (QED) is 0.850. The van der Waals surface area contributed by atoms with E-state index in [0.29, 0.717) is 0 Å². The van der Waals surface area contributed by atoms with Gasteiger partial charge < -0.3 is 14.4 Å². The van der Waals surface area contributed by atoms with E-state index in [4.69, 9.17) is 9.52 Å². The van der Waals surface area contributed by atoms with E-state index in [1.54, 1.807) is 0 Å². The number of aromatic nitrogens is 1. The Balaban J connectivity index is 1.87. The molecule has 0 fully saturated rings. The highest BCUT2D eigenvalue weighted by Crippen LogP contribution is 2.15. The molecule has 1 aromatic carbocycles. The fraction of sp³-hybridized carbons (Fsp3) is 0.500. The Labute approximate surface area is 107 Å². The monoisotopic (exact) mass is 248 g/mol. The lowest BCUT2D eigenvalue weighted by molar-refractivity contribution is 0.157. The second-order valence-corrected chi connectivity index (χ2v) is 4.69. The Hall–Kier alpha value is -1.39. The van der Waals surface area contributed by atoms with Crippen LogP contribution in [0.5, 0.6) is 0 Å². The van der Waals surface area contributed by atoms with Crippen molar-refractivity contribution in [3.63, 3.8) is 0 Å². The molecule has 0 bridgehead atoms. The summed E-state index contributed by atoms with van der Waals surface area (Å²) in [5.41, 5.74) is 1.77. The number of hydrogen-bond acceptors (Lipinski definition) is 4. The van der Waals surface area contributed by atoms with Crippen molar-refractivity contribution < 1.29 is 9.52 Å². The molecule has 0 aliphatic carbocycles. The van der Waals surface area contributed by atoms with Crippen LogP contribution in [0.15, 0.2) is 28.7 Å². The molecule has 1 unspecified atom stereocenters. The number of rotatable bonds is 6. The molecule has 4 heteroatoms. The molecule has 4 nitrogen and oxygen atoms in total. The summed E-state index contributed by atoms with van der Waals surface area (Å²) in [5, 5.41) is 9.04. The van der Waals surface area contributed by atoms with E-state index in [2.05, 4.69) is 9.88 Å². The normalized spacial score (nSPS) is 13.3. The molecule has 1 N–H and O–H groups in total. The molecule has 0 aliphatic heterocycles. The molecule has 2 rings (SSSR count). The van der Waals surface area contributed by atoms with E-state index in [1.807, 2.05) is 38.2 Å². The summed E-state index contributed by atoms with van der Waals surface area (Å²) >= 11 is 0. The first-order valence-electron chi connectivity index (χ1n) is 6.36. The highest BCUT2D eigenvalue weighted by atomic mass is 16.3. The van der Waals surface area contributed by atoms with Gasteiger partial charge in [0.05, 0.1) is 6.61 Å². The lowest BCUT2D eigenvalue weighted by Gasteiger charge is -2.22. The molecule has 0 saturated heterocycles. The lowest BCUT2D eigenvalue weighted by atomic mass is 10.2. The number of aryl methyl sites for hydroxylation is 1. The van der Waals surface area contributed by atoms with Crippen molar-refractivity contribution in [3.05, 3.63) is 30.2 Å². The van der Waals surface area contributed by atoms with Crippen LogP contribution in [0.25, 0.3) is 11.1 Å². The number of benzene rings is 1. The topological polar surface area (TPSA) is 49.5 Å². The van der Waals surface area contributed by atoms with Crippen molar-refractivity contribution in [2.24, 2.45) is 0 Å². The van der Waals surface area contributed by atoms with E-state index in [-0.39, 0.29) is 12.6 Å². The Bertz CT molecular complexity index is 462. The molecular formula is C14H20N2O2. The van der Waals surface area contributed by atoms with Crippen LogP contribution in [0.1, 0.15) is 19.2 Å². The Morgan fingerprint density at radius 3 is 2.89 bits per heavy atom. The fourth-order valence-corrected chi connectivity index (χ4v) is 1.87. The Morgan fingerprint density at radius 2 is 2.17 bits per heavy atom. The van der Waals surface area contributed by atoms with Crippen molar-refractivity contribution in [1.82, 2.24) is 9.88 Å². The van der Waals surface area contributed by atoms with E-state index in [0.717, 1.165) is 36.4 Å². The second-order valence-electron chi connectivity index (χ2n) is 4.69. The average Bonchev–Trinajstić information content (AvgIpc) is 2.80. The number of aliphatic hydroxyl groups is 1. The van der Waals surface area contributed by atoms with Gasteiger partial charge in [0.15, 0.2) is 11.5 Å².